The Morgan fingerprint density at radius 3 is 2.55 bits per heavy atom. The van der Waals surface area contributed by atoms with Gasteiger partial charge in [-0.15, -0.1) is 0 Å². The first-order valence-corrected chi connectivity index (χ1v) is 6.79. The van der Waals surface area contributed by atoms with Gasteiger partial charge in [0.15, 0.2) is 11.5 Å². The monoisotopic (exact) mass is 283 g/mol. The number of ether oxygens (including phenoxy) is 3. The molecule has 0 aromatic heterocycles. The van der Waals surface area contributed by atoms with Crippen LogP contribution in [0, 0.1) is 0 Å². The molecule has 0 aliphatic heterocycles. The molecule has 5 heteroatoms. The summed E-state index contributed by atoms with van der Waals surface area (Å²) in [6, 6.07) is 5.79. The number of methoxy groups -OCH3 is 2. The van der Waals surface area contributed by atoms with E-state index in [1.54, 1.807) is 21.1 Å². The van der Waals surface area contributed by atoms with E-state index in [-0.39, 0.29) is 6.10 Å². The van der Waals surface area contributed by atoms with Crippen LogP contribution >= 0.6 is 0 Å². The maximum atomic E-state index is 9.52. The van der Waals surface area contributed by atoms with Gasteiger partial charge in [0, 0.05) is 20.2 Å². The van der Waals surface area contributed by atoms with Crippen LogP contribution in [0.2, 0.25) is 0 Å². The normalized spacial score (nSPS) is 13.8. The summed E-state index contributed by atoms with van der Waals surface area (Å²) in [7, 11) is 3.28. The Balaban J connectivity index is 2.70. The van der Waals surface area contributed by atoms with Crippen molar-refractivity contribution in [3.8, 4) is 11.5 Å². The molecule has 0 radical (unpaired) electrons. The molecular weight excluding hydrogens is 258 g/mol. The molecule has 114 valence electrons. The quantitative estimate of drug-likeness (QED) is 0.674. The van der Waals surface area contributed by atoms with E-state index >= 15 is 0 Å². The maximum absolute atomic E-state index is 9.52. The van der Waals surface area contributed by atoms with Gasteiger partial charge in [-0.05, 0) is 31.5 Å². The molecule has 0 spiro atoms. The third-order valence-electron chi connectivity index (χ3n) is 3.03. The molecule has 0 amide bonds. The van der Waals surface area contributed by atoms with Gasteiger partial charge in [0.05, 0.1) is 19.8 Å². The lowest BCUT2D eigenvalue weighted by molar-refractivity contribution is 0.0586. The maximum Gasteiger partial charge on any atom is 0.162 e. The highest BCUT2D eigenvalue weighted by atomic mass is 16.5. The highest BCUT2D eigenvalue weighted by Crippen LogP contribution is 2.29. The van der Waals surface area contributed by atoms with Crippen molar-refractivity contribution in [2.24, 2.45) is 0 Å². The number of aliphatic hydroxyl groups excluding tert-OH is 1. The van der Waals surface area contributed by atoms with Crippen molar-refractivity contribution in [2.75, 3.05) is 27.4 Å². The van der Waals surface area contributed by atoms with Gasteiger partial charge >= 0.3 is 0 Å². The zero-order valence-electron chi connectivity index (χ0n) is 12.7. The van der Waals surface area contributed by atoms with Crippen molar-refractivity contribution in [1.82, 2.24) is 5.32 Å². The largest absolute Gasteiger partial charge is 0.493 e. The summed E-state index contributed by atoms with van der Waals surface area (Å²) in [5.74, 6) is 1.31. The molecule has 0 fully saturated rings. The summed E-state index contributed by atoms with van der Waals surface area (Å²) in [5, 5.41) is 12.8. The zero-order valence-corrected chi connectivity index (χ0v) is 12.7. The van der Waals surface area contributed by atoms with Crippen LogP contribution in [-0.2, 0) is 11.3 Å². The lowest BCUT2D eigenvalue weighted by atomic mass is 10.2. The number of rotatable bonds is 9. The van der Waals surface area contributed by atoms with Crippen LogP contribution in [0.4, 0.5) is 0 Å². The molecule has 1 aromatic rings. The van der Waals surface area contributed by atoms with Crippen molar-refractivity contribution in [3.63, 3.8) is 0 Å². The van der Waals surface area contributed by atoms with Crippen LogP contribution in [-0.4, -0.2) is 44.7 Å². The minimum Gasteiger partial charge on any atom is -0.493 e. The van der Waals surface area contributed by atoms with Crippen molar-refractivity contribution in [1.29, 1.82) is 0 Å². The minimum absolute atomic E-state index is 0.291. The second kappa shape index (κ2) is 8.79. The average Bonchev–Trinajstić information content (AvgIpc) is 2.43. The Morgan fingerprint density at radius 2 is 1.95 bits per heavy atom. The second-order valence-electron chi connectivity index (χ2n) is 4.72. The van der Waals surface area contributed by atoms with Crippen molar-refractivity contribution >= 4 is 0 Å². The molecular formula is C15H25NO4. The fourth-order valence-corrected chi connectivity index (χ4v) is 1.63. The van der Waals surface area contributed by atoms with E-state index in [2.05, 4.69) is 5.32 Å². The molecule has 0 saturated carbocycles. The van der Waals surface area contributed by atoms with E-state index in [1.165, 1.54) is 0 Å². The third-order valence-corrected chi connectivity index (χ3v) is 3.03. The van der Waals surface area contributed by atoms with Crippen molar-refractivity contribution in [2.45, 2.75) is 32.6 Å². The first-order valence-electron chi connectivity index (χ1n) is 6.79. The minimum atomic E-state index is -0.539. The number of hydrogen-bond acceptors (Lipinski definition) is 5. The molecule has 0 saturated heterocycles. The predicted octanol–water partition coefficient (Wildman–Crippen LogP) is 1.58. The van der Waals surface area contributed by atoms with E-state index in [0.717, 1.165) is 18.7 Å². The van der Waals surface area contributed by atoms with Gasteiger partial charge in [0.1, 0.15) is 6.10 Å². The summed E-state index contributed by atoms with van der Waals surface area (Å²) in [6.45, 7) is 5.73. The molecule has 0 bridgehead atoms. The molecule has 1 rings (SSSR count). The van der Waals surface area contributed by atoms with E-state index < -0.39 is 6.10 Å². The fraction of sp³-hybridized carbons (Fsp3) is 0.600. The third kappa shape index (κ3) is 5.36. The first-order chi connectivity index (χ1) is 9.58. The smallest absolute Gasteiger partial charge is 0.162 e. The summed E-state index contributed by atoms with van der Waals surface area (Å²) < 4.78 is 16.0. The lowest BCUT2D eigenvalue weighted by Gasteiger charge is -2.19. The van der Waals surface area contributed by atoms with Crippen molar-refractivity contribution < 1.29 is 19.3 Å². The van der Waals surface area contributed by atoms with Crippen LogP contribution in [0.25, 0.3) is 0 Å². The Hall–Kier alpha value is -1.30. The fourth-order valence-electron chi connectivity index (χ4n) is 1.63. The van der Waals surface area contributed by atoms with E-state index in [0.29, 0.717) is 18.1 Å². The van der Waals surface area contributed by atoms with Gasteiger partial charge in [-0.2, -0.15) is 0 Å². The average molecular weight is 283 g/mol. The van der Waals surface area contributed by atoms with Crippen LogP contribution in [0.3, 0.4) is 0 Å². The molecule has 0 aliphatic rings. The van der Waals surface area contributed by atoms with E-state index in [4.69, 9.17) is 14.2 Å². The Bertz CT molecular complexity index is 395. The molecule has 0 aliphatic carbocycles. The van der Waals surface area contributed by atoms with Gasteiger partial charge in [0.25, 0.3) is 0 Å². The Kier molecular flexibility index (Phi) is 7.36. The first kappa shape index (κ1) is 16.8. The number of benzene rings is 1. The number of hydrogen-bond donors (Lipinski definition) is 2. The number of nitrogens with one attached hydrogen (secondary N) is 1. The van der Waals surface area contributed by atoms with Crippen LogP contribution in [0.1, 0.15) is 19.4 Å². The number of aliphatic hydroxyl groups is 1. The predicted molar refractivity (Wildman–Crippen MR) is 78.3 cm³/mol. The molecule has 2 unspecified atom stereocenters. The molecule has 1 aromatic carbocycles. The lowest BCUT2D eigenvalue weighted by Crippen LogP contribution is -2.26. The summed E-state index contributed by atoms with van der Waals surface area (Å²) in [6.07, 6.45) is -0.830. The van der Waals surface area contributed by atoms with E-state index in [9.17, 15) is 5.11 Å². The van der Waals surface area contributed by atoms with Gasteiger partial charge < -0.3 is 24.6 Å². The highest BCUT2D eigenvalue weighted by molar-refractivity contribution is 5.43. The summed E-state index contributed by atoms with van der Waals surface area (Å²) in [4.78, 5) is 0. The molecule has 5 nitrogen and oxygen atoms in total. The molecule has 0 heterocycles. The topological polar surface area (TPSA) is 60.0 Å². The molecule has 2 atom stereocenters. The Labute approximate surface area is 120 Å². The van der Waals surface area contributed by atoms with Gasteiger partial charge in [0.2, 0.25) is 0 Å². The SMILES string of the molecule is COCCNCc1ccc(OC)c(OC(C)C(C)O)c1. The highest BCUT2D eigenvalue weighted by Gasteiger charge is 2.14. The Morgan fingerprint density at radius 1 is 1.20 bits per heavy atom. The standard InChI is InChI=1S/C15H25NO4/c1-11(17)12(2)20-15-9-13(5-6-14(15)19-4)10-16-7-8-18-3/h5-6,9,11-12,16-17H,7-8,10H2,1-4H3. The molecule has 2 N–H and O–H groups in total. The van der Waals surface area contributed by atoms with Crippen LogP contribution in [0.5, 0.6) is 11.5 Å². The second-order valence-corrected chi connectivity index (χ2v) is 4.72. The summed E-state index contributed by atoms with van der Waals surface area (Å²) >= 11 is 0. The van der Waals surface area contributed by atoms with Crippen LogP contribution < -0.4 is 14.8 Å². The van der Waals surface area contributed by atoms with Crippen molar-refractivity contribution in [3.05, 3.63) is 23.8 Å². The molecule has 20 heavy (non-hydrogen) atoms. The van der Waals surface area contributed by atoms with E-state index in [1.807, 2.05) is 25.1 Å². The van der Waals surface area contributed by atoms with Gasteiger partial charge in [-0.3, -0.25) is 0 Å². The van der Waals surface area contributed by atoms with Crippen LogP contribution in [0.15, 0.2) is 18.2 Å². The summed E-state index contributed by atoms with van der Waals surface area (Å²) in [5.41, 5.74) is 1.09. The van der Waals surface area contributed by atoms with Gasteiger partial charge in [-0.25, -0.2) is 0 Å². The van der Waals surface area contributed by atoms with Gasteiger partial charge in [-0.1, -0.05) is 6.07 Å². The zero-order chi connectivity index (χ0) is 15.0.